The Hall–Kier alpha value is -1.70. The van der Waals surface area contributed by atoms with Gasteiger partial charge < -0.3 is 19.1 Å². The summed E-state index contributed by atoms with van der Waals surface area (Å²) in [5.74, 6) is -0.315. The quantitative estimate of drug-likeness (QED) is 0.569. The Labute approximate surface area is 169 Å². The largest absolute Gasteiger partial charge is 0.465 e. The van der Waals surface area contributed by atoms with E-state index in [0.29, 0.717) is 4.88 Å². The number of benzene rings is 1. The first-order valence-electron chi connectivity index (χ1n) is 8.96. The van der Waals surface area contributed by atoms with Gasteiger partial charge in [-0.15, -0.1) is 11.3 Å². The summed E-state index contributed by atoms with van der Waals surface area (Å²) in [5, 5.41) is 1.89. The zero-order valence-corrected chi connectivity index (χ0v) is 17.8. The lowest BCUT2D eigenvalue weighted by Crippen LogP contribution is -2.36. The second-order valence-corrected chi connectivity index (χ2v) is 9.16. The molecule has 0 unspecified atom stereocenters. The minimum Gasteiger partial charge on any atom is -0.465 e. The molecule has 2 heterocycles. The van der Waals surface area contributed by atoms with Crippen LogP contribution in [0.3, 0.4) is 0 Å². The molecule has 3 rings (SSSR count). The molecule has 1 fully saturated rings. The summed E-state index contributed by atoms with van der Waals surface area (Å²) in [4.78, 5) is 16.0. The number of hydrogen-bond acceptors (Lipinski definition) is 7. The molecule has 1 aromatic heterocycles. The maximum absolute atomic E-state index is 11.9. The van der Waals surface area contributed by atoms with Gasteiger partial charge in [-0.25, -0.2) is 4.79 Å². The molecule has 0 atom stereocenters. The predicted octanol–water partition coefficient (Wildman–Crippen LogP) is 4.79. The summed E-state index contributed by atoms with van der Waals surface area (Å²) < 4.78 is 13.7. The van der Waals surface area contributed by atoms with Crippen molar-refractivity contribution in [1.82, 2.24) is 0 Å². The van der Waals surface area contributed by atoms with E-state index in [4.69, 9.17) is 9.47 Å². The van der Waals surface area contributed by atoms with E-state index in [1.54, 1.807) is 0 Å². The molecule has 0 saturated carbocycles. The number of nitrogens with one attached hydrogen (secondary N) is 1. The molecule has 5 nitrogen and oxygen atoms in total. The minimum atomic E-state index is -0.315. The standard InChI is InChI=1S/C20H26N2O3S2/c1-20(2,3)14-5-6-17(16(13-14)22-8-10-25-11-9-22)27-21-15-7-12-26-18(15)19(23)24-4/h5-7,12-13,21H,8-11H2,1-4H3. The average Bonchev–Trinajstić information content (AvgIpc) is 3.14. The molecule has 146 valence electrons. The van der Waals surface area contributed by atoms with Crippen LogP contribution in [-0.4, -0.2) is 39.4 Å². The number of esters is 1. The van der Waals surface area contributed by atoms with E-state index < -0.39 is 0 Å². The second kappa shape index (κ2) is 8.54. The number of nitrogens with zero attached hydrogens (tertiary/aromatic N) is 1. The first kappa shape index (κ1) is 20.0. The van der Waals surface area contributed by atoms with E-state index in [9.17, 15) is 4.79 Å². The number of methoxy groups -OCH3 is 1. The Morgan fingerprint density at radius 3 is 2.67 bits per heavy atom. The van der Waals surface area contributed by atoms with Gasteiger partial charge in [0.1, 0.15) is 4.88 Å². The maximum atomic E-state index is 11.9. The molecule has 1 N–H and O–H groups in total. The highest BCUT2D eigenvalue weighted by molar-refractivity contribution is 8.00. The first-order valence-corrected chi connectivity index (χ1v) is 10.7. The zero-order valence-electron chi connectivity index (χ0n) is 16.2. The van der Waals surface area contributed by atoms with Gasteiger partial charge in [0.15, 0.2) is 0 Å². The molecule has 0 bridgehead atoms. The molecular weight excluding hydrogens is 380 g/mol. The molecule has 1 aliphatic heterocycles. The van der Waals surface area contributed by atoms with Crippen LogP contribution in [0, 0.1) is 0 Å². The molecule has 1 aliphatic rings. The monoisotopic (exact) mass is 406 g/mol. The summed E-state index contributed by atoms with van der Waals surface area (Å²) in [5.41, 5.74) is 3.38. The SMILES string of the molecule is COC(=O)c1sccc1NSc1ccc(C(C)(C)C)cc1N1CCOCC1. The smallest absolute Gasteiger partial charge is 0.350 e. The van der Waals surface area contributed by atoms with E-state index in [2.05, 4.69) is 48.6 Å². The van der Waals surface area contributed by atoms with E-state index in [1.165, 1.54) is 41.6 Å². The molecule has 0 radical (unpaired) electrons. The number of thiophene rings is 1. The second-order valence-electron chi connectivity index (χ2n) is 7.39. The van der Waals surface area contributed by atoms with Crippen molar-refractivity contribution in [3.05, 3.63) is 40.1 Å². The van der Waals surface area contributed by atoms with Gasteiger partial charge in [-0.2, -0.15) is 0 Å². The molecule has 1 saturated heterocycles. The van der Waals surface area contributed by atoms with Crippen LogP contribution in [0.15, 0.2) is 34.5 Å². The van der Waals surface area contributed by atoms with Crippen LogP contribution in [0.5, 0.6) is 0 Å². The fourth-order valence-electron chi connectivity index (χ4n) is 2.87. The van der Waals surface area contributed by atoms with Crippen LogP contribution in [0.2, 0.25) is 0 Å². The Morgan fingerprint density at radius 2 is 2.00 bits per heavy atom. The third kappa shape index (κ3) is 4.78. The molecule has 2 aromatic rings. The summed E-state index contributed by atoms with van der Waals surface area (Å²) in [6, 6.07) is 8.53. The van der Waals surface area contributed by atoms with E-state index >= 15 is 0 Å². The summed E-state index contributed by atoms with van der Waals surface area (Å²) in [6.07, 6.45) is 0. The lowest BCUT2D eigenvalue weighted by atomic mass is 9.87. The van der Waals surface area contributed by atoms with Gasteiger partial charge in [0.05, 0.1) is 36.6 Å². The summed E-state index contributed by atoms with van der Waals surface area (Å²) in [7, 11) is 1.40. The topological polar surface area (TPSA) is 50.8 Å². The van der Waals surface area contributed by atoms with Crippen molar-refractivity contribution in [2.75, 3.05) is 43.0 Å². The van der Waals surface area contributed by atoms with Crippen LogP contribution in [0.1, 0.15) is 36.0 Å². The van der Waals surface area contributed by atoms with Crippen molar-refractivity contribution in [1.29, 1.82) is 0 Å². The third-order valence-electron chi connectivity index (χ3n) is 4.48. The van der Waals surface area contributed by atoms with Crippen LogP contribution in [0.4, 0.5) is 11.4 Å². The van der Waals surface area contributed by atoms with Gasteiger partial charge in [0.2, 0.25) is 0 Å². The normalized spacial score (nSPS) is 14.9. The van der Waals surface area contributed by atoms with Gasteiger partial charge in [-0.3, -0.25) is 0 Å². The number of hydrogen-bond donors (Lipinski definition) is 1. The van der Waals surface area contributed by atoms with Crippen LogP contribution >= 0.6 is 23.3 Å². The Morgan fingerprint density at radius 1 is 1.26 bits per heavy atom. The third-order valence-corrected chi connectivity index (χ3v) is 6.27. The van der Waals surface area contributed by atoms with Crippen molar-refractivity contribution in [2.45, 2.75) is 31.1 Å². The predicted molar refractivity (Wildman–Crippen MR) is 113 cm³/mol. The van der Waals surface area contributed by atoms with Crippen LogP contribution < -0.4 is 9.62 Å². The summed E-state index contributed by atoms with van der Waals surface area (Å²) in [6.45, 7) is 9.93. The number of anilines is 2. The van der Waals surface area contributed by atoms with Crippen LogP contribution in [0.25, 0.3) is 0 Å². The highest BCUT2D eigenvalue weighted by atomic mass is 32.2. The van der Waals surface area contributed by atoms with Crippen molar-refractivity contribution in [3.8, 4) is 0 Å². The lowest BCUT2D eigenvalue weighted by Gasteiger charge is -2.32. The fraction of sp³-hybridized carbons (Fsp3) is 0.450. The fourth-order valence-corrected chi connectivity index (χ4v) is 4.52. The van der Waals surface area contributed by atoms with E-state index in [-0.39, 0.29) is 11.4 Å². The number of morpholine rings is 1. The van der Waals surface area contributed by atoms with E-state index in [0.717, 1.165) is 36.9 Å². The van der Waals surface area contributed by atoms with Gasteiger partial charge in [-0.1, -0.05) is 26.8 Å². The maximum Gasteiger partial charge on any atom is 0.350 e. The van der Waals surface area contributed by atoms with Gasteiger partial charge >= 0.3 is 5.97 Å². The Balaban J connectivity index is 1.86. The molecule has 0 spiro atoms. The van der Waals surface area contributed by atoms with Crippen molar-refractivity contribution in [2.24, 2.45) is 0 Å². The Bertz CT molecular complexity index is 793. The van der Waals surface area contributed by atoms with Crippen molar-refractivity contribution in [3.63, 3.8) is 0 Å². The van der Waals surface area contributed by atoms with Crippen molar-refractivity contribution >= 4 is 40.6 Å². The van der Waals surface area contributed by atoms with Crippen LogP contribution in [-0.2, 0) is 14.9 Å². The highest BCUT2D eigenvalue weighted by Crippen LogP contribution is 2.37. The first-order chi connectivity index (χ1) is 12.9. The average molecular weight is 407 g/mol. The number of ether oxygens (including phenoxy) is 2. The highest BCUT2D eigenvalue weighted by Gasteiger charge is 2.21. The Kier molecular flexibility index (Phi) is 6.34. The summed E-state index contributed by atoms with van der Waals surface area (Å²) >= 11 is 2.90. The number of rotatable bonds is 5. The number of carbonyl (C=O) groups is 1. The zero-order chi connectivity index (χ0) is 19.4. The van der Waals surface area contributed by atoms with Gasteiger partial charge in [-0.05, 0) is 46.5 Å². The molecule has 7 heteroatoms. The lowest BCUT2D eigenvalue weighted by molar-refractivity contribution is 0.0607. The van der Waals surface area contributed by atoms with E-state index in [1.807, 2.05) is 11.4 Å². The number of carbonyl (C=O) groups excluding carboxylic acids is 1. The van der Waals surface area contributed by atoms with Crippen molar-refractivity contribution < 1.29 is 14.3 Å². The van der Waals surface area contributed by atoms with Gasteiger partial charge in [0.25, 0.3) is 0 Å². The minimum absolute atomic E-state index is 0.0864. The van der Waals surface area contributed by atoms with Gasteiger partial charge in [0, 0.05) is 13.1 Å². The molecule has 27 heavy (non-hydrogen) atoms. The molecule has 1 aromatic carbocycles. The molecule has 0 aliphatic carbocycles. The molecular formula is C20H26N2O3S2. The molecule has 0 amide bonds.